The summed E-state index contributed by atoms with van der Waals surface area (Å²) in [6, 6.07) is 7.80. The summed E-state index contributed by atoms with van der Waals surface area (Å²) in [7, 11) is 0. The Morgan fingerprint density at radius 2 is 1.88 bits per heavy atom. The van der Waals surface area contributed by atoms with E-state index in [0.717, 1.165) is 0 Å². The highest BCUT2D eigenvalue weighted by Gasteiger charge is 2.49. The van der Waals surface area contributed by atoms with Gasteiger partial charge < -0.3 is 14.2 Å². The minimum absolute atomic E-state index is 0.145. The monoisotopic (exact) mass is 354 g/mol. The van der Waals surface area contributed by atoms with Gasteiger partial charge in [-0.15, -0.1) is 0 Å². The molecular weight excluding hydrogens is 336 g/mol. The van der Waals surface area contributed by atoms with Crippen LogP contribution < -0.4 is 4.90 Å². The lowest BCUT2D eigenvalue weighted by molar-refractivity contribution is -0.120. The SMILES string of the molecule is Cc1nc(C)c(C(=O)N2CCN3C(=O)N(c4ccccc4)C(=O)C3C2)o1. The van der Waals surface area contributed by atoms with Crippen LogP contribution in [-0.4, -0.2) is 58.3 Å². The molecule has 1 aromatic carbocycles. The van der Waals surface area contributed by atoms with Crippen LogP contribution in [0, 0.1) is 13.8 Å². The maximum atomic E-state index is 12.8. The molecule has 2 aliphatic rings. The predicted molar refractivity (Wildman–Crippen MR) is 91.7 cm³/mol. The molecule has 0 radical (unpaired) electrons. The van der Waals surface area contributed by atoms with Crippen molar-refractivity contribution in [1.82, 2.24) is 14.8 Å². The number of nitrogens with zero attached hydrogens (tertiary/aromatic N) is 4. The molecule has 4 rings (SSSR count). The molecule has 134 valence electrons. The van der Waals surface area contributed by atoms with Crippen molar-refractivity contribution in [3.05, 3.63) is 47.7 Å². The first kappa shape index (κ1) is 16.3. The molecule has 26 heavy (non-hydrogen) atoms. The third-order valence-electron chi connectivity index (χ3n) is 4.72. The smallest absolute Gasteiger partial charge is 0.332 e. The van der Waals surface area contributed by atoms with E-state index in [2.05, 4.69) is 4.98 Å². The maximum Gasteiger partial charge on any atom is 0.332 e. The third-order valence-corrected chi connectivity index (χ3v) is 4.72. The molecule has 2 fully saturated rings. The number of benzene rings is 1. The Morgan fingerprint density at radius 3 is 2.54 bits per heavy atom. The molecule has 0 saturated carbocycles. The largest absolute Gasteiger partial charge is 0.436 e. The third kappa shape index (κ3) is 2.45. The number of piperazine rings is 1. The van der Waals surface area contributed by atoms with Crippen LogP contribution in [0.3, 0.4) is 0 Å². The van der Waals surface area contributed by atoms with Gasteiger partial charge in [0.05, 0.1) is 17.9 Å². The number of anilines is 1. The Morgan fingerprint density at radius 1 is 1.15 bits per heavy atom. The highest BCUT2D eigenvalue weighted by atomic mass is 16.4. The zero-order chi connectivity index (χ0) is 18.4. The number of aromatic nitrogens is 1. The van der Waals surface area contributed by atoms with E-state index in [4.69, 9.17) is 4.42 Å². The Labute approximate surface area is 150 Å². The van der Waals surface area contributed by atoms with Gasteiger partial charge in [0.15, 0.2) is 5.89 Å². The molecule has 2 aliphatic heterocycles. The molecule has 4 amide bonds. The molecule has 1 unspecified atom stereocenters. The van der Waals surface area contributed by atoms with Crippen molar-refractivity contribution in [1.29, 1.82) is 0 Å². The van der Waals surface area contributed by atoms with Gasteiger partial charge in [-0.3, -0.25) is 9.59 Å². The average molecular weight is 354 g/mol. The van der Waals surface area contributed by atoms with Crippen LogP contribution in [0.25, 0.3) is 0 Å². The molecule has 0 bridgehead atoms. The molecule has 1 aromatic heterocycles. The second-order valence-corrected chi connectivity index (χ2v) is 6.40. The van der Waals surface area contributed by atoms with Crippen LogP contribution in [0.15, 0.2) is 34.7 Å². The van der Waals surface area contributed by atoms with Gasteiger partial charge in [0.25, 0.3) is 11.8 Å². The fourth-order valence-corrected chi connectivity index (χ4v) is 3.47. The summed E-state index contributed by atoms with van der Waals surface area (Å²) in [5.41, 5.74) is 1.06. The van der Waals surface area contributed by atoms with Crippen molar-refractivity contribution < 1.29 is 18.8 Å². The Balaban J connectivity index is 1.57. The number of amides is 4. The number of hydrogen-bond acceptors (Lipinski definition) is 5. The standard InChI is InChI=1S/C18H18N4O4/c1-11-15(26-12(2)19-11)17(24)20-8-9-21-14(10-20)16(23)22(18(21)25)13-6-4-3-5-7-13/h3-7,14H,8-10H2,1-2H3. The number of oxazole rings is 1. The topological polar surface area (TPSA) is 87.0 Å². The maximum absolute atomic E-state index is 12.8. The van der Waals surface area contributed by atoms with Crippen LogP contribution in [0.5, 0.6) is 0 Å². The Kier molecular flexibility index (Phi) is 3.75. The molecule has 8 nitrogen and oxygen atoms in total. The van der Waals surface area contributed by atoms with Crippen molar-refractivity contribution in [2.24, 2.45) is 0 Å². The normalized spacial score (nSPS) is 19.9. The number of fused-ring (bicyclic) bond motifs is 1. The molecule has 0 aliphatic carbocycles. The number of carbonyl (C=O) groups is 3. The summed E-state index contributed by atoms with van der Waals surface area (Å²) in [6.07, 6.45) is 0. The van der Waals surface area contributed by atoms with Crippen LogP contribution >= 0.6 is 0 Å². The van der Waals surface area contributed by atoms with E-state index in [0.29, 0.717) is 30.4 Å². The zero-order valence-corrected chi connectivity index (χ0v) is 14.5. The Bertz CT molecular complexity index is 892. The van der Waals surface area contributed by atoms with Crippen LogP contribution in [0.1, 0.15) is 22.1 Å². The second-order valence-electron chi connectivity index (χ2n) is 6.40. The van der Waals surface area contributed by atoms with E-state index in [1.54, 1.807) is 43.0 Å². The number of rotatable bonds is 2. The van der Waals surface area contributed by atoms with Gasteiger partial charge in [0.2, 0.25) is 5.76 Å². The molecule has 3 heterocycles. The van der Waals surface area contributed by atoms with Crippen LogP contribution in [-0.2, 0) is 4.79 Å². The average Bonchev–Trinajstić information content (AvgIpc) is 3.11. The van der Waals surface area contributed by atoms with Gasteiger partial charge in [-0.25, -0.2) is 14.7 Å². The highest BCUT2D eigenvalue weighted by Crippen LogP contribution is 2.28. The van der Waals surface area contributed by atoms with E-state index in [1.165, 1.54) is 9.80 Å². The predicted octanol–water partition coefficient (Wildman–Crippen LogP) is 1.58. The van der Waals surface area contributed by atoms with Crippen molar-refractivity contribution in [3.63, 3.8) is 0 Å². The number of para-hydroxylation sites is 1. The summed E-state index contributed by atoms with van der Waals surface area (Å²) in [6.45, 7) is 4.18. The number of carbonyl (C=O) groups excluding carboxylic acids is 3. The lowest BCUT2D eigenvalue weighted by atomic mass is 10.1. The first-order chi connectivity index (χ1) is 12.5. The highest BCUT2D eigenvalue weighted by molar-refractivity contribution is 6.21. The van der Waals surface area contributed by atoms with E-state index >= 15 is 0 Å². The number of aryl methyl sites for hydroxylation is 2. The quantitative estimate of drug-likeness (QED) is 0.764. The van der Waals surface area contributed by atoms with Gasteiger partial charge in [-0.05, 0) is 19.1 Å². The summed E-state index contributed by atoms with van der Waals surface area (Å²) < 4.78 is 5.40. The second kappa shape index (κ2) is 5.98. The molecule has 0 spiro atoms. The summed E-state index contributed by atoms with van der Waals surface area (Å²) in [4.78, 5) is 46.6. The summed E-state index contributed by atoms with van der Waals surface area (Å²) in [5, 5.41) is 0. The Hall–Kier alpha value is -3.16. The lowest BCUT2D eigenvalue weighted by Crippen LogP contribution is -2.54. The zero-order valence-electron chi connectivity index (χ0n) is 14.5. The summed E-state index contributed by atoms with van der Waals surface area (Å²) in [5.74, 6) is -0.00942. The molecule has 2 aromatic rings. The summed E-state index contributed by atoms with van der Waals surface area (Å²) >= 11 is 0. The molecule has 1 atom stereocenters. The van der Waals surface area contributed by atoms with Crippen LogP contribution in [0.4, 0.5) is 10.5 Å². The van der Waals surface area contributed by atoms with Crippen LogP contribution in [0.2, 0.25) is 0 Å². The number of hydrogen-bond donors (Lipinski definition) is 0. The van der Waals surface area contributed by atoms with Gasteiger partial charge in [-0.1, -0.05) is 18.2 Å². The van der Waals surface area contributed by atoms with E-state index in [1.807, 2.05) is 6.07 Å². The molecule has 0 N–H and O–H groups in total. The van der Waals surface area contributed by atoms with E-state index < -0.39 is 6.04 Å². The number of imide groups is 1. The van der Waals surface area contributed by atoms with Gasteiger partial charge in [0.1, 0.15) is 6.04 Å². The molecule has 8 heteroatoms. The fraction of sp³-hybridized carbons (Fsp3) is 0.333. The van der Waals surface area contributed by atoms with Gasteiger partial charge in [-0.2, -0.15) is 0 Å². The minimum atomic E-state index is -0.676. The number of urea groups is 1. The van der Waals surface area contributed by atoms with Gasteiger partial charge in [0, 0.05) is 20.0 Å². The minimum Gasteiger partial charge on any atom is -0.436 e. The van der Waals surface area contributed by atoms with Crippen molar-refractivity contribution in [2.45, 2.75) is 19.9 Å². The van der Waals surface area contributed by atoms with Crippen molar-refractivity contribution >= 4 is 23.5 Å². The fourth-order valence-electron chi connectivity index (χ4n) is 3.47. The first-order valence-electron chi connectivity index (χ1n) is 8.40. The van der Waals surface area contributed by atoms with E-state index in [-0.39, 0.29) is 30.2 Å². The lowest BCUT2D eigenvalue weighted by Gasteiger charge is -2.34. The van der Waals surface area contributed by atoms with E-state index in [9.17, 15) is 14.4 Å². The molecule has 2 saturated heterocycles. The van der Waals surface area contributed by atoms with Gasteiger partial charge >= 0.3 is 6.03 Å². The van der Waals surface area contributed by atoms with Crippen molar-refractivity contribution in [2.75, 3.05) is 24.5 Å². The van der Waals surface area contributed by atoms with Crippen molar-refractivity contribution in [3.8, 4) is 0 Å². The molecular formula is C18H18N4O4. The first-order valence-corrected chi connectivity index (χ1v) is 8.40.